The molecule has 0 aromatic carbocycles. The van der Waals surface area contributed by atoms with Crippen LogP contribution < -0.4 is 16.0 Å². The molecule has 0 spiro atoms. The molecule has 1 saturated heterocycles. The Bertz CT molecular complexity index is 1400. The normalized spacial score (nSPS) is 22.0. The van der Waals surface area contributed by atoms with E-state index in [1.54, 1.807) is 0 Å². The highest BCUT2D eigenvalue weighted by Gasteiger charge is 2.45. The second-order valence-electron chi connectivity index (χ2n) is 17.4. The zero-order valence-electron chi connectivity index (χ0n) is 40.3. The third-order valence-corrected chi connectivity index (χ3v) is 10.7. The molecule has 0 saturated carbocycles. The summed E-state index contributed by atoms with van der Waals surface area (Å²) in [5.74, 6) is -2.87. The predicted octanol–water partition coefficient (Wildman–Crippen LogP) is -0.712. The SMILES string of the molecule is CC(=O)N/C(=C(/O)[C@@H](O)CCO)[C@@H](O)CCCCCCOCC(C)(COCCCCCO[C@@H]1OC(CO)[C@H](O)C(O)C1NC(C)=O)COCCCCCO[C@H](O)/C(NC(C)=O)=C(\O)[C@@H](O)CCO. The highest BCUT2D eigenvalue weighted by atomic mass is 16.7. The summed E-state index contributed by atoms with van der Waals surface area (Å²) in [7, 11) is 0. The Morgan fingerprint density at radius 3 is 1.53 bits per heavy atom. The van der Waals surface area contributed by atoms with Crippen molar-refractivity contribution in [2.24, 2.45) is 5.41 Å². The molecule has 0 radical (unpaired) electrons. The van der Waals surface area contributed by atoms with Gasteiger partial charge < -0.3 is 101 Å². The molecule has 0 aromatic rings. The van der Waals surface area contributed by atoms with E-state index in [0.717, 1.165) is 13.3 Å². The molecule has 1 aliphatic rings. The first-order valence-electron chi connectivity index (χ1n) is 23.5. The average molecular weight is 986 g/mol. The van der Waals surface area contributed by atoms with E-state index < -0.39 is 115 Å². The Balaban J connectivity index is 2.67. The van der Waals surface area contributed by atoms with Crippen molar-refractivity contribution in [1.29, 1.82) is 0 Å². The molecule has 1 heterocycles. The van der Waals surface area contributed by atoms with Crippen molar-refractivity contribution in [2.75, 3.05) is 72.7 Å². The second-order valence-corrected chi connectivity index (χ2v) is 17.4. The molecule has 14 N–H and O–H groups in total. The summed E-state index contributed by atoms with van der Waals surface area (Å²) in [5, 5.41) is 117. The van der Waals surface area contributed by atoms with Crippen LogP contribution in [0.15, 0.2) is 22.9 Å². The minimum atomic E-state index is -1.72. The molecule has 10 atom stereocenters. The summed E-state index contributed by atoms with van der Waals surface area (Å²) in [6.45, 7) is 6.76. The van der Waals surface area contributed by atoms with Crippen molar-refractivity contribution in [3.63, 3.8) is 0 Å². The predicted molar refractivity (Wildman–Crippen MR) is 243 cm³/mol. The minimum absolute atomic E-state index is 0.0669. The number of aliphatic hydroxyl groups is 11. The zero-order chi connectivity index (χ0) is 51.1. The number of carbonyl (C=O) groups is 3. The van der Waals surface area contributed by atoms with E-state index in [4.69, 9.17) is 38.6 Å². The van der Waals surface area contributed by atoms with Gasteiger partial charge in [-0.25, -0.2) is 0 Å². The molecule has 3 amide bonds. The standard InChI is InChI=1S/C45H83N3O20/c1-29(52)46-36(39(58)33(56)16-18-49)32(55)15-9-5-6-10-20-63-26-45(4,27-64-21-11-7-13-23-66-43(62)37(47-30(2)53)40(59)34(57)17-19-50)28-65-22-12-8-14-24-67-44-38(48-31(3)54)42(61)41(60)35(25-51)68-44/h32-35,38,41-44,49-51,55-62H,5-28H2,1-4H3,(H,46,52)(H,47,53)(H,48,54)/b39-36+,40-37+/t32-,33-,34-,35?,38?,41-,42?,43-,44+,45?/m0/s1. The summed E-state index contributed by atoms with van der Waals surface area (Å²) in [6, 6.07) is -1.02. The lowest BCUT2D eigenvalue weighted by Gasteiger charge is -2.42. The molecule has 0 aromatic heterocycles. The molecular formula is C45H83N3O20. The Kier molecular flexibility index (Phi) is 33.2. The van der Waals surface area contributed by atoms with E-state index in [1.165, 1.54) is 13.8 Å². The highest BCUT2D eigenvalue weighted by Crippen LogP contribution is 2.24. The van der Waals surface area contributed by atoms with Crippen LogP contribution in [0.3, 0.4) is 0 Å². The van der Waals surface area contributed by atoms with Gasteiger partial charge in [-0.1, -0.05) is 26.2 Å². The minimum Gasteiger partial charge on any atom is -0.508 e. The van der Waals surface area contributed by atoms with Crippen molar-refractivity contribution in [2.45, 2.75) is 166 Å². The molecule has 4 unspecified atom stereocenters. The van der Waals surface area contributed by atoms with Crippen LogP contribution in [0.4, 0.5) is 0 Å². The number of carbonyl (C=O) groups excluding carboxylic acids is 3. The third kappa shape index (κ3) is 25.7. The van der Waals surface area contributed by atoms with Gasteiger partial charge in [0.05, 0.1) is 44.8 Å². The Hall–Kier alpha value is -3.11. The van der Waals surface area contributed by atoms with Gasteiger partial charge in [-0.3, -0.25) is 14.4 Å². The molecule has 0 aliphatic carbocycles. The van der Waals surface area contributed by atoms with Gasteiger partial charge in [-0.15, -0.1) is 0 Å². The van der Waals surface area contributed by atoms with Crippen LogP contribution in [-0.4, -0.2) is 202 Å². The van der Waals surface area contributed by atoms with Crippen molar-refractivity contribution in [1.82, 2.24) is 16.0 Å². The quantitative estimate of drug-likeness (QED) is 0.0205. The average Bonchev–Trinajstić information content (AvgIpc) is 3.28. The first-order chi connectivity index (χ1) is 32.3. The molecule has 1 fully saturated rings. The fraction of sp³-hybridized carbons (Fsp3) is 0.844. The molecule has 0 bridgehead atoms. The first kappa shape index (κ1) is 62.9. The summed E-state index contributed by atoms with van der Waals surface area (Å²) >= 11 is 0. The lowest BCUT2D eigenvalue weighted by molar-refractivity contribution is -0.270. The van der Waals surface area contributed by atoms with Gasteiger partial charge in [-0.05, 0) is 51.4 Å². The lowest BCUT2D eigenvalue weighted by atomic mass is 9.94. The number of amides is 3. The van der Waals surface area contributed by atoms with Crippen LogP contribution in [0.1, 0.15) is 111 Å². The molecule has 398 valence electrons. The Morgan fingerprint density at radius 2 is 1.04 bits per heavy atom. The summed E-state index contributed by atoms with van der Waals surface area (Å²) in [4.78, 5) is 34.9. The largest absolute Gasteiger partial charge is 0.508 e. The van der Waals surface area contributed by atoms with Crippen molar-refractivity contribution >= 4 is 17.7 Å². The van der Waals surface area contributed by atoms with Gasteiger partial charge in [0.2, 0.25) is 17.7 Å². The number of ether oxygens (including phenoxy) is 6. The van der Waals surface area contributed by atoms with Gasteiger partial charge in [0, 0.05) is 78.7 Å². The fourth-order valence-electron chi connectivity index (χ4n) is 7.00. The van der Waals surface area contributed by atoms with Gasteiger partial charge in [-0.2, -0.15) is 0 Å². The maximum atomic E-state index is 11.7. The number of nitrogens with one attached hydrogen (secondary N) is 3. The molecular weight excluding hydrogens is 902 g/mol. The van der Waals surface area contributed by atoms with Gasteiger partial charge in [0.15, 0.2) is 12.6 Å². The van der Waals surface area contributed by atoms with Crippen LogP contribution in [0.2, 0.25) is 0 Å². The molecule has 68 heavy (non-hydrogen) atoms. The van der Waals surface area contributed by atoms with E-state index in [9.17, 15) is 60.3 Å². The lowest BCUT2D eigenvalue weighted by Crippen LogP contribution is -2.64. The van der Waals surface area contributed by atoms with E-state index in [0.29, 0.717) is 97.4 Å². The highest BCUT2D eigenvalue weighted by molar-refractivity contribution is 5.75. The topological polar surface area (TPSA) is 365 Å². The summed E-state index contributed by atoms with van der Waals surface area (Å²) < 4.78 is 35.0. The Labute approximate surface area is 399 Å². The van der Waals surface area contributed by atoms with E-state index in [1.807, 2.05) is 6.92 Å². The van der Waals surface area contributed by atoms with Gasteiger partial charge >= 0.3 is 0 Å². The van der Waals surface area contributed by atoms with Crippen LogP contribution >= 0.6 is 0 Å². The smallest absolute Gasteiger partial charge is 0.221 e. The van der Waals surface area contributed by atoms with Crippen LogP contribution in [-0.2, 0) is 42.8 Å². The summed E-state index contributed by atoms with van der Waals surface area (Å²) in [6.07, 6.45) is -4.45. The van der Waals surface area contributed by atoms with Crippen molar-refractivity contribution < 1.29 is 99.0 Å². The van der Waals surface area contributed by atoms with Crippen molar-refractivity contribution in [3.8, 4) is 0 Å². The maximum absolute atomic E-state index is 11.7. The molecule has 23 heteroatoms. The monoisotopic (exact) mass is 986 g/mol. The fourth-order valence-corrected chi connectivity index (χ4v) is 7.00. The number of unbranched alkanes of at least 4 members (excludes halogenated alkanes) is 7. The van der Waals surface area contributed by atoms with Crippen LogP contribution in [0.5, 0.6) is 0 Å². The zero-order valence-corrected chi connectivity index (χ0v) is 40.3. The van der Waals surface area contributed by atoms with E-state index in [-0.39, 0.29) is 38.2 Å². The first-order valence-corrected chi connectivity index (χ1v) is 23.5. The van der Waals surface area contributed by atoms with Gasteiger partial charge in [0.25, 0.3) is 0 Å². The second kappa shape index (κ2) is 35.9. The molecule has 23 nitrogen and oxygen atoms in total. The van der Waals surface area contributed by atoms with Crippen LogP contribution in [0, 0.1) is 5.41 Å². The Morgan fingerprint density at radius 1 is 0.588 bits per heavy atom. The molecule has 1 rings (SSSR count). The third-order valence-electron chi connectivity index (χ3n) is 10.7. The van der Waals surface area contributed by atoms with E-state index >= 15 is 0 Å². The number of aliphatic hydroxyl groups excluding tert-OH is 11. The van der Waals surface area contributed by atoms with Crippen LogP contribution in [0.25, 0.3) is 0 Å². The number of rotatable bonds is 39. The molecule has 1 aliphatic heterocycles. The number of hydrogen-bond acceptors (Lipinski definition) is 20. The van der Waals surface area contributed by atoms with E-state index in [2.05, 4.69) is 16.0 Å². The maximum Gasteiger partial charge on any atom is 0.221 e. The summed E-state index contributed by atoms with van der Waals surface area (Å²) in [5.41, 5.74) is -1.12. The van der Waals surface area contributed by atoms with Gasteiger partial charge in [0.1, 0.15) is 53.8 Å². The number of hydrogen-bond donors (Lipinski definition) is 14. The van der Waals surface area contributed by atoms with Crippen molar-refractivity contribution in [3.05, 3.63) is 22.9 Å².